The van der Waals surface area contributed by atoms with Crippen molar-refractivity contribution in [1.82, 2.24) is 0 Å². The number of methoxy groups -OCH3 is 1. The van der Waals surface area contributed by atoms with Gasteiger partial charge in [0.15, 0.2) is 0 Å². The zero-order chi connectivity index (χ0) is 12.3. The lowest BCUT2D eigenvalue weighted by molar-refractivity contribution is -0.117. The minimum Gasteiger partial charge on any atom is -0.396 e. The third-order valence-corrected chi connectivity index (χ3v) is 3.05. The summed E-state index contributed by atoms with van der Waals surface area (Å²) in [6, 6.07) is 7.72. The van der Waals surface area contributed by atoms with Crippen LogP contribution in [0.1, 0.15) is 12.0 Å². The summed E-state index contributed by atoms with van der Waals surface area (Å²) in [5, 5.41) is 9.12. The molecule has 0 spiro atoms. The van der Waals surface area contributed by atoms with Crippen LogP contribution in [0.25, 0.3) is 0 Å². The predicted octanol–water partition coefficient (Wildman–Crippen LogP) is 1.18. The standard InChI is InChI=1S/C13H17NO3/c1-17-9-11-4-2-3-5-12(11)14-7-10(8-15)6-13(14)16/h2-5,10,15H,6-9H2,1H3. The smallest absolute Gasteiger partial charge is 0.227 e. The number of nitrogens with zero attached hydrogens (tertiary/aromatic N) is 1. The molecule has 1 heterocycles. The summed E-state index contributed by atoms with van der Waals surface area (Å²) < 4.78 is 5.13. The van der Waals surface area contributed by atoms with Gasteiger partial charge in [0, 0.05) is 43.9 Å². The van der Waals surface area contributed by atoms with Gasteiger partial charge in [-0.25, -0.2) is 0 Å². The quantitative estimate of drug-likeness (QED) is 0.852. The maximum atomic E-state index is 11.9. The van der Waals surface area contributed by atoms with Gasteiger partial charge in [0.25, 0.3) is 0 Å². The first-order valence-electron chi connectivity index (χ1n) is 5.74. The number of benzene rings is 1. The van der Waals surface area contributed by atoms with Crippen molar-refractivity contribution in [1.29, 1.82) is 0 Å². The predicted molar refractivity (Wildman–Crippen MR) is 64.7 cm³/mol. The molecule has 4 heteroatoms. The summed E-state index contributed by atoms with van der Waals surface area (Å²) in [4.78, 5) is 13.6. The Morgan fingerprint density at radius 3 is 2.88 bits per heavy atom. The highest BCUT2D eigenvalue weighted by Crippen LogP contribution is 2.28. The molecular weight excluding hydrogens is 218 g/mol. The fourth-order valence-electron chi connectivity index (χ4n) is 2.19. The van der Waals surface area contributed by atoms with E-state index in [1.165, 1.54) is 0 Å². The molecule has 1 amide bonds. The Kier molecular flexibility index (Phi) is 3.76. The molecule has 1 saturated heterocycles. The van der Waals surface area contributed by atoms with Crippen LogP contribution >= 0.6 is 0 Å². The maximum Gasteiger partial charge on any atom is 0.227 e. The average Bonchev–Trinajstić information content (AvgIpc) is 2.72. The summed E-state index contributed by atoms with van der Waals surface area (Å²) in [6.07, 6.45) is 0.428. The van der Waals surface area contributed by atoms with E-state index >= 15 is 0 Å². The number of hydrogen-bond acceptors (Lipinski definition) is 3. The van der Waals surface area contributed by atoms with Crippen LogP contribution in [0.15, 0.2) is 24.3 Å². The zero-order valence-electron chi connectivity index (χ0n) is 9.93. The van der Waals surface area contributed by atoms with Crippen LogP contribution in [-0.4, -0.2) is 31.3 Å². The molecule has 1 aromatic carbocycles. The number of carbonyl (C=O) groups excluding carboxylic acids is 1. The monoisotopic (exact) mass is 235 g/mol. The highest BCUT2D eigenvalue weighted by Gasteiger charge is 2.30. The Labute approximate surface area is 101 Å². The molecule has 0 saturated carbocycles. The van der Waals surface area contributed by atoms with E-state index in [4.69, 9.17) is 9.84 Å². The second kappa shape index (κ2) is 5.29. The molecule has 1 aliphatic heterocycles. The third-order valence-electron chi connectivity index (χ3n) is 3.05. The molecule has 92 valence electrons. The number of anilines is 1. The minimum atomic E-state index is 0.0538. The molecule has 0 bridgehead atoms. The second-order valence-electron chi connectivity index (χ2n) is 4.32. The molecule has 1 unspecified atom stereocenters. The maximum absolute atomic E-state index is 11.9. The summed E-state index contributed by atoms with van der Waals surface area (Å²) in [6.45, 7) is 1.15. The number of carbonyl (C=O) groups is 1. The van der Waals surface area contributed by atoms with Crippen molar-refractivity contribution in [3.05, 3.63) is 29.8 Å². The first kappa shape index (κ1) is 12.1. The SMILES string of the molecule is COCc1ccccc1N1CC(CO)CC1=O. The van der Waals surface area contributed by atoms with Gasteiger partial charge in [-0.15, -0.1) is 0 Å². The van der Waals surface area contributed by atoms with Gasteiger partial charge in [-0.1, -0.05) is 18.2 Å². The van der Waals surface area contributed by atoms with E-state index < -0.39 is 0 Å². The highest BCUT2D eigenvalue weighted by atomic mass is 16.5. The van der Waals surface area contributed by atoms with E-state index in [-0.39, 0.29) is 18.4 Å². The van der Waals surface area contributed by atoms with Crippen molar-refractivity contribution in [2.24, 2.45) is 5.92 Å². The van der Waals surface area contributed by atoms with E-state index in [1.807, 2.05) is 24.3 Å². The lowest BCUT2D eigenvalue weighted by Crippen LogP contribution is -2.26. The van der Waals surface area contributed by atoms with Crippen LogP contribution in [0.3, 0.4) is 0 Å². The van der Waals surface area contributed by atoms with Crippen molar-refractivity contribution in [3.63, 3.8) is 0 Å². The average molecular weight is 235 g/mol. The van der Waals surface area contributed by atoms with Gasteiger partial charge in [-0.3, -0.25) is 4.79 Å². The molecule has 1 aromatic rings. The number of ether oxygens (including phenoxy) is 1. The van der Waals surface area contributed by atoms with E-state index in [2.05, 4.69) is 0 Å². The molecule has 2 rings (SSSR count). The molecule has 17 heavy (non-hydrogen) atoms. The van der Waals surface area contributed by atoms with Crippen molar-refractivity contribution < 1.29 is 14.6 Å². The summed E-state index contributed by atoms with van der Waals surface area (Å²) in [7, 11) is 1.64. The largest absolute Gasteiger partial charge is 0.396 e. The molecule has 1 fully saturated rings. The Bertz CT molecular complexity index is 405. The molecule has 0 radical (unpaired) electrons. The Morgan fingerprint density at radius 2 is 2.24 bits per heavy atom. The Hall–Kier alpha value is -1.39. The van der Waals surface area contributed by atoms with Crippen molar-refractivity contribution in [2.45, 2.75) is 13.0 Å². The number of hydrogen-bond donors (Lipinski definition) is 1. The van der Waals surface area contributed by atoms with Crippen LogP contribution in [0, 0.1) is 5.92 Å². The summed E-state index contributed by atoms with van der Waals surface area (Å²) in [5.74, 6) is 0.130. The number of aliphatic hydroxyl groups excluding tert-OH is 1. The third kappa shape index (κ3) is 2.48. The van der Waals surface area contributed by atoms with Gasteiger partial charge in [0.1, 0.15) is 0 Å². The second-order valence-corrected chi connectivity index (χ2v) is 4.32. The number of aliphatic hydroxyl groups is 1. The Balaban J connectivity index is 2.25. The molecule has 4 nitrogen and oxygen atoms in total. The number of amides is 1. The first-order chi connectivity index (χ1) is 8.26. The zero-order valence-corrected chi connectivity index (χ0v) is 9.93. The Morgan fingerprint density at radius 1 is 1.47 bits per heavy atom. The van der Waals surface area contributed by atoms with E-state index in [0.717, 1.165) is 11.3 Å². The minimum absolute atomic E-state index is 0.0538. The van der Waals surface area contributed by atoms with Crippen LogP contribution in [0.4, 0.5) is 5.69 Å². The van der Waals surface area contributed by atoms with E-state index in [9.17, 15) is 4.79 Å². The lowest BCUT2D eigenvalue weighted by atomic mass is 10.1. The topological polar surface area (TPSA) is 49.8 Å². The van der Waals surface area contributed by atoms with E-state index in [1.54, 1.807) is 12.0 Å². The van der Waals surface area contributed by atoms with Gasteiger partial charge in [0.05, 0.1) is 6.61 Å². The van der Waals surface area contributed by atoms with Crippen molar-refractivity contribution >= 4 is 11.6 Å². The van der Waals surface area contributed by atoms with Gasteiger partial charge < -0.3 is 14.7 Å². The van der Waals surface area contributed by atoms with Crippen LogP contribution in [0.2, 0.25) is 0 Å². The number of para-hydroxylation sites is 1. The molecule has 0 aliphatic carbocycles. The van der Waals surface area contributed by atoms with Crippen molar-refractivity contribution in [2.75, 3.05) is 25.2 Å². The van der Waals surface area contributed by atoms with Crippen LogP contribution < -0.4 is 4.90 Å². The van der Waals surface area contributed by atoms with Crippen molar-refractivity contribution in [3.8, 4) is 0 Å². The van der Waals surface area contributed by atoms with Gasteiger partial charge in [-0.05, 0) is 6.07 Å². The fraction of sp³-hybridized carbons (Fsp3) is 0.462. The van der Waals surface area contributed by atoms with Gasteiger partial charge in [0.2, 0.25) is 5.91 Å². The summed E-state index contributed by atoms with van der Waals surface area (Å²) >= 11 is 0. The molecule has 1 aliphatic rings. The molecule has 1 N–H and O–H groups in total. The normalized spacial score (nSPS) is 20.0. The molecule has 0 aromatic heterocycles. The highest BCUT2D eigenvalue weighted by molar-refractivity contribution is 5.96. The van der Waals surface area contributed by atoms with Crippen LogP contribution in [0.5, 0.6) is 0 Å². The van der Waals surface area contributed by atoms with Gasteiger partial charge in [-0.2, -0.15) is 0 Å². The first-order valence-corrected chi connectivity index (χ1v) is 5.74. The van der Waals surface area contributed by atoms with E-state index in [0.29, 0.717) is 19.6 Å². The van der Waals surface area contributed by atoms with Crippen LogP contribution in [-0.2, 0) is 16.1 Å². The lowest BCUT2D eigenvalue weighted by Gasteiger charge is -2.20. The number of rotatable bonds is 4. The molecular formula is C13H17NO3. The fourth-order valence-corrected chi connectivity index (χ4v) is 2.19. The van der Waals surface area contributed by atoms with Gasteiger partial charge >= 0.3 is 0 Å². The molecule has 1 atom stereocenters. The summed E-state index contributed by atoms with van der Waals surface area (Å²) in [5.41, 5.74) is 1.90.